The number of hydrogen-bond donors (Lipinski definition) is 1. The number of ether oxygens (including phenoxy) is 1. The van der Waals surface area contributed by atoms with Crippen molar-refractivity contribution in [1.29, 1.82) is 0 Å². The third-order valence-electron chi connectivity index (χ3n) is 10.2. The average molecular weight is 750 g/mol. The quantitative estimate of drug-likeness (QED) is 0.166. The summed E-state index contributed by atoms with van der Waals surface area (Å²) in [6.45, 7) is 0.356. The Morgan fingerprint density at radius 1 is 0.808 bits per heavy atom. The molecule has 2 bridgehead atoms. The highest BCUT2D eigenvalue weighted by atomic mass is 32.2. The van der Waals surface area contributed by atoms with Gasteiger partial charge in [-0.2, -0.15) is 22.0 Å². The van der Waals surface area contributed by atoms with Gasteiger partial charge in [-0.1, -0.05) is 73.9 Å². The summed E-state index contributed by atoms with van der Waals surface area (Å²) in [5.41, 5.74) is 6.41. The topological polar surface area (TPSA) is 119 Å². The molecule has 3 aliphatic rings. The monoisotopic (exact) mass is 749 g/mol. The largest absolute Gasteiger partial charge is 0.493 e. The minimum Gasteiger partial charge on any atom is -0.493 e. The number of halogens is 5. The number of nitrogens with two attached hydrogens (primary N) is 1. The van der Waals surface area contributed by atoms with Gasteiger partial charge in [-0.05, 0) is 84.3 Å². The molecule has 6 rings (SSSR count). The maximum atomic E-state index is 17.0. The van der Waals surface area contributed by atoms with Gasteiger partial charge < -0.3 is 20.2 Å². The lowest BCUT2D eigenvalue weighted by molar-refractivity contribution is -0.240. The molecule has 1 amide bonds. The van der Waals surface area contributed by atoms with E-state index in [4.69, 9.17) is 10.5 Å². The Labute approximate surface area is 298 Å². The van der Waals surface area contributed by atoms with E-state index in [1.807, 2.05) is 0 Å². The Morgan fingerprint density at radius 3 is 1.96 bits per heavy atom. The molecule has 0 radical (unpaired) electrons. The summed E-state index contributed by atoms with van der Waals surface area (Å²) in [6.07, 6.45) is 0.541. The Hall–Kier alpha value is -4.08. The highest BCUT2D eigenvalue weighted by Gasteiger charge is 2.60. The summed E-state index contributed by atoms with van der Waals surface area (Å²) in [4.78, 5) is 31.4. The standard InChI is InChI=1S/C37H40F5N3O6S/c38-36(39,27-13-11-26(12-14-27)25-9-5-2-6-10-25)33(34(46)44-29-15-16-30(44)22-28(43)21-29)45(51-35(47)37(40,41)42)52(48,49)32-19-17-31(18-20-32)50-23-24-7-3-1-4-8-24/h2,5-6,9-14,17-20,24,28-30,33H,1,3-4,7-8,15-16,21-23,43H2/t28?,29?,30?,33-/m0/s1. The van der Waals surface area contributed by atoms with Gasteiger partial charge in [-0.25, -0.2) is 13.2 Å². The number of carbonyl (C=O) groups excluding carboxylic acids is 2. The van der Waals surface area contributed by atoms with Crippen LogP contribution >= 0.6 is 0 Å². The number of fused-ring (bicyclic) bond motifs is 2. The van der Waals surface area contributed by atoms with Crippen LogP contribution in [0.5, 0.6) is 5.75 Å². The number of piperidine rings is 1. The van der Waals surface area contributed by atoms with E-state index in [9.17, 15) is 31.2 Å². The van der Waals surface area contributed by atoms with Crippen LogP contribution in [-0.4, -0.2) is 66.6 Å². The first-order valence-corrected chi connectivity index (χ1v) is 18.8. The van der Waals surface area contributed by atoms with Crippen LogP contribution in [0.3, 0.4) is 0 Å². The number of benzene rings is 3. The van der Waals surface area contributed by atoms with Crippen LogP contribution in [0.15, 0.2) is 83.8 Å². The SMILES string of the molecule is NC1CC2CCC(C1)N2C(=O)[C@H](N(OC(=O)C(F)(F)F)S(=O)(=O)c1ccc(OCC2CCCCC2)cc1)C(F)(F)c1ccc(-c2ccccc2)cc1. The van der Waals surface area contributed by atoms with Crippen LogP contribution < -0.4 is 10.5 Å². The van der Waals surface area contributed by atoms with Gasteiger partial charge in [0.1, 0.15) is 5.75 Å². The van der Waals surface area contributed by atoms with E-state index >= 15 is 8.78 Å². The summed E-state index contributed by atoms with van der Waals surface area (Å²) < 4.78 is 109. The zero-order valence-corrected chi connectivity index (χ0v) is 29.0. The maximum Gasteiger partial charge on any atom is 0.492 e. The summed E-state index contributed by atoms with van der Waals surface area (Å²) in [5, 5.41) is 0. The number of sulfonamides is 1. The van der Waals surface area contributed by atoms with E-state index in [0.29, 0.717) is 36.5 Å². The molecular formula is C37H40F5N3O6S. The zero-order chi connectivity index (χ0) is 37.3. The number of alkyl halides is 5. The van der Waals surface area contributed by atoms with Crippen molar-refractivity contribution in [3.63, 3.8) is 0 Å². The predicted octanol–water partition coefficient (Wildman–Crippen LogP) is 6.97. The van der Waals surface area contributed by atoms with Gasteiger partial charge in [-0.3, -0.25) is 4.79 Å². The van der Waals surface area contributed by atoms with Crippen molar-refractivity contribution in [3.05, 3.63) is 84.4 Å². The first-order chi connectivity index (χ1) is 24.7. The fraction of sp³-hybridized carbons (Fsp3) is 0.459. The summed E-state index contributed by atoms with van der Waals surface area (Å²) in [7, 11) is -5.58. The molecule has 2 saturated heterocycles. The fourth-order valence-corrected chi connectivity index (χ4v) is 8.88. The molecule has 3 fully saturated rings. The van der Waals surface area contributed by atoms with Crippen molar-refractivity contribution in [1.82, 2.24) is 9.37 Å². The first kappa shape index (κ1) is 37.7. The molecular weight excluding hydrogens is 709 g/mol. The molecule has 9 nitrogen and oxygen atoms in total. The predicted molar refractivity (Wildman–Crippen MR) is 180 cm³/mol. The van der Waals surface area contributed by atoms with E-state index in [1.165, 1.54) is 24.3 Å². The second kappa shape index (κ2) is 15.1. The van der Waals surface area contributed by atoms with E-state index in [0.717, 1.165) is 61.3 Å². The smallest absolute Gasteiger partial charge is 0.492 e. The van der Waals surface area contributed by atoms with Gasteiger partial charge in [0.05, 0.1) is 11.5 Å². The summed E-state index contributed by atoms with van der Waals surface area (Å²) in [5.74, 6) is -8.60. The van der Waals surface area contributed by atoms with Crippen molar-refractivity contribution in [2.24, 2.45) is 11.7 Å². The van der Waals surface area contributed by atoms with Gasteiger partial charge in [0, 0.05) is 23.7 Å². The Morgan fingerprint density at radius 2 is 1.38 bits per heavy atom. The molecule has 1 aliphatic carbocycles. The molecule has 0 aromatic heterocycles. The van der Waals surface area contributed by atoms with Gasteiger partial charge in [0.25, 0.3) is 15.9 Å². The highest BCUT2D eigenvalue weighted by Crippen LogP contribution is 2.43. The van der Waals surface area contributed by atoms with Crippen molar-refractivity contribution >= 4 is 21.9 Å². The number of hydrogen-bond acceptors (Lipinski definition) is 7. The lowest BCUT2D eigenvalue weighted by atomic mass is 9.90. The van der Waals surface area contributed by atoms with E-state index in [2.05, 4.69) is 4.84 Å². The van der Waals surface area contributed by atoms with Crippen molar-refractivity contribution < 1.29 is 49.5 Å². The summed E-state index contributed by atoms with van der Waals surface area (Å²) in [6, 6.07) is 12.6. The van der Waals surface area contributed by atoms with Gasteiger partial charge in [-0.15, -0.1) is 0 Å². The second-order valence-electron chi connectivity index (χ2n) is 13.8. The average Bonchev–Trinajstić information content (AvgIpc) is 3.41. The van der Waals surface area contributed by atoms with Crippen LogP contribution in [0.25, 0.3) is 11.1 Å². The number of rotatable bonds is 11. The van der Waals surface area contributed by atoms with E-state index in [-0.39, 0.29) is 24.6 Å². The highest BCUT2D eigenvalue weighted by molar-refractivity contribution is 7.89. The molecule has 3 aromatic rings. The molecule has 3 aromatic carbocycles. The molecule has 2 heterocycles. The Bertz CT molecular complexity index is 1810. The minimum atomic E-state index is -5.80. The summed E-state index contributed by atoms with van der Waals surface area (Å²) >= 11 is 0. The molecule has 2 aliphatic heterocycles. The van der Waals surface area contributed by atoms with Crippen LogP contribution in [-0.2, 0) is 30.4 Å². The van der Waals surface area contributed by atoms with Gasteiger partial charge in [0.15, 0.2) is 0 Å². The normalized spacial score (nSPS) is 21.9. The molecule has 280 valence electrons. The number of amides is 1. The Kier molecular flexibility index (Phi) is 10.9. The number of carbonyl (C=O) groups is 2. The maximum absolute atomic E-state index is 17.0. The van der Waals surface area contributed by atoms with Gasteiger partial charge >= 0.3 is 18.1 Å². The Balaban J connectivity index is 1.41. The number of nitrogens with zero attached hydrogens (tertiary/aromatic N) is 2. The molecule has 15 heteroatoms. The third-order valence-corrected chi connectivity index (χ3v) is 11.8. The lowest BCUT2D eigenvalue weighted by Crippen LogP contribution is -2.62. The zero-order valence-electron chi connectivity index (χ0n) is 28.2. The van der Waals surface area contributed by atoms with Crippen LogP contribution in [0, 0.1) is 5.92 Å². The van der Waals surface area contributed by atoms with E-state index in [1.54, 1.807) is 30.3 Å². The van der Waals surface area contributed by atoms with Crippen LogP contribution in [0.1, 0.15) is 63.4 Å². The second-order valence-corrected chi connectivity index (χ2v) is 15.5. The molecule has 3 atom stereocenters. The lowest BCUT2D eigenvalue weighted by Gasteiger charge is -2.42. The van der Waals surface area contributed by atoms with Crippen molar-refractivity contribution in [2.75, 3.05) is 6.61 Å². The molecule has 2 unspecified atom stereocenters. The van der Waals surface area contributed by atoms with Crippen molar-refractivity contribution in [3.8, 4) is 16.9 Å². The van der Waals surface area contributed by atoms with Gasteiger partial charge in [0.2, 0.25) is 6.04 Å². The fourth-order valence-electron chi connectivity index (χ4n) is 7.52. The molecule has 52 heavy (non-hydrogen) atoms. The first-order valence-electron chi connectivity index (χ1n) is 17.3. The minimum absolute atomic E-state index is 0.212. The van der Waals surface area contributed by atoms with Crippen molar-refractivity contribution in [2.45, 2.75) is 98.9 Å². The molecule has 2 N–H and O–H groups in total. The van der Waals surface area contributed by atoms with Crippen LogP contribution in [0.2, 0.25) is 0 Å². The number of hydroxylamine groups is 1. The third kappa shape index (κ3) is 7.96. The van der Waals surface area contributed by atoms with Crippen LogP contribution in [0.4, 0.5) is 22.0 Å². The molecule has 1 saturated carbocycles. The molecule has 0 spiro atoms. The van der Waals surface area contributed by atoms with E-state index < -0.39 is 67.1 Å².